The van der Waals surface area contributed by atoms with Crippen molar-refractivity contribution in [1.82, 2.24) is 10.1 Å². The molecule has 2 rings (SSSR count). The Kier molecular flexibility index (Phi) is 4.75. The summed E-state index contributed by atoms with van der Waals surface area (Å²) in [4.78, 5) is 4.60. The van der Waals surface area contributed by atoms with Crippen LogP contribution in [0.4, 0.5) is 0 Å². The van der Waals surface area contributed by atoms with E-state index in [9.17, 15) is 0 Å². The third-order valence-electron chi connectivity index (χ3n) is 4.03. The van der Waals surface area contributed by atoms with E-state index >= 15 is 0 Å². The molecule has 0 aromatic carbocycles. The van der Waals surface area contributed by atoms with Crippen LogP contribution in [-0.2, 0) is 0 Å². The Labute approximate surface area is 109 Å². The van der Waals surface area contributed by atoms with Gasteiger partial charge >= 0.3 is 0 Å². The number of nitrogens with two attached hydrogens (primary N) is 1. The van der Waals surface area contributed by atoms with Gasteiger partial charge in [0.1, 0.15) is 0 Å². The van der Waals surface area contributed by atoms with Gasteiger partial charge in [-0.2, -0.15) is 4.98 Å². The Balaban J connectivity index is 2.04. The first-order valence-electron chi connectivity index (χ1n) is 7.28. The molecule has 1 aliphatic carbocycles. The predicted molar refractivity (Wildman–Crippen MR) is 71.4 cm³/mol. The lowest BCUT2D eigenvalue weighted by atomic mass is 9.82. The van der Waals surface area contributed by atoms with Crippen LogP contribution in [0.25, 0.3) is 0 Å². The molecule has 0 saturated heterocycles. The number of nitrogens with zero attached hydrogens (tertiary/aromatic N) is 2. The zero-order chi connectivity index (χ0) is 13.0. The quantitative estimate of drug-likeness (QED) is 0.872. The van der Waals surface area contributed by atoms with Gasteiger partial charge in [-0.3, -0.25) is 0 Å². The highest BCUT2D eigenvalue weighted by atomic mass is 16.5. The van der Waals surface area contributed by atoms with Crippen LogP contribution in [-0.4, -0.2) is 16.7 Å². The average molecular weight is 251 g/mol. The fraction of sp³-hybridized carbons (Fsp3) is 0.857. The minimum atomic E-state index is 0.234. The van der Waals surface area contributed by atoms with Gasteiger partial charge in [-0.25, -0.2) is 0 Å². The minimum Gasteiger partial charge on any atom is -0.339 e. The Morgan fingerprint density at radius 2 is 2.28 bits per heavy atom. The van der Waals surface area contributed by atoms with E-state index in [1.807, 2.05) is 0 Å². The third kappa shape index (κ3) is 3.10. The van der Waals surface area contributed by atoms with Crippen LogP contribution in [0.1, 0.15) is 75.9 Å². The van der Waals surface area contributed by atoms with E-state index in [2.05, 4.69) is 24.0 Å². The number of hydrogen-bond donors (Lipinski definition) is 1. The normalized spacial score (nSPS) is 26.2. The summed E-state index contributed by atoms with van der Waals surface area (Å²) in [5, 5.41) is 4.18. The first-order chi connectivity index (χ1) is 8.74. The number of rotatable bonds is 5. The van der Waals surface area contributed by atoms with E-state index in [0.29, 0.717) is 12.5 Å². The maximum Gasteiger partial charge on any atom is 0.231 e. The lowest BCUT2D eigenvalue weighted by Gasteiger charge is -2.23. The van der Waals surface area contributed by atoms with Gasteiger partial charge in [0.25, 0.3) is 0 Å². The molecule has 0 amide bonds. The zero-order valence-electron chi connectivity index (χ0n) is 11.6. The van der Waals surface area contributed by atoms with Crippen molar-refractivity contribution in [3.8, 4) is 0 Å². The lowest BCUT2D eigenvalue weighted by Crippen LogP contribution is -2.14. The second-order valence-electron chi connectivity index (χ2n) is 5.68. The molecule has 3 atom stereocenters. The molecule has 1 saturated carbocycles. The summed E-state index contributed by atoms with van der Waals surface area (Å²) in [7, 11) is 0. The monoisotopic (exact) mass is 251 g/mol. The number of aromatic nitrogens is 2. The molecular weight excluding hydrogens is 226 g/mol. The highest BCUT2D eigenvalue weighted by Crippen LogP contribution is 2.35. The molecule has 0 aliphatic heterocycles. The van der Waals surface area contributed by atoms with Crippen molar-refractivity contribution in [2.75, 3.05) is 6.54 Å². The molecule has 4 heteroatoms. The van der Waals surface area contributed by atoms with Crippen molar-refractivity contribution in [3.63, 3.8) is 0 Å². The van der Waals surface area contributed by atoms with Gasteiger partial charge in [0.05, 0.1) is 5.92 Å². The molecule has 1 fully saturated rings. The second kappa shape index (κ2) is 6.32. The summed E-state index contributed by atoms with van der Waals surface area (Å²) < 4.78 is 5.42. The van der Waals surface area contributed by atoms with Crippen LogP contribution in [0, 0.1) is 5.92 Å². The van der Waals surface area contributed by atoms with Crippen LogP contribution >= 0.6 is 0 Å². The molecule has 1 heterocycles. The van der Waals surface area contributed by atoms with E-state index in [1.165, 1.54) is 25.7 Å². The average Bonchev–Trinajstić information content (AvgIpc) is 2.85. The fourth-order valence-corrected chi connectivity index (χ4v) is 2.94. The van der Waals surface area contributed by atoms with Crippen LogP contribution in [0.3, 0.4) is 0 Å². The lowest BCUT2D eigenvalue weighted by molar-refractivity contribution is 0.314. The molecule has 1 aromatic rings. The molecule has 18 heavy (non-hydrogen) atoms. The standard InChI is InChI=1S/C14H25N3O/c1-3-5-12(9-15)14-16-13(17-18-14)11-7-4-6-10(2)8-11/h10-12H,3-9,15H2,1-2H3. The topological polar surface area (TPSA) is 64.9 Å². The van der Waals surface area contributed by atoms with Crippen molar-refractivity contribution >= 4 is 0 Å². The maximum absolute atomic E-state index is 5.77. The van der Waals surface area contributed by atoms with Crippen molar-refractivity contribution in [2.24, 2.45) is 11.7 Å². The Morgan fingerprint density at radius 1 is 1.44 bits per heavy atom. The molecule has 2 N–H and O–H groups in total. The van der Waals surface area contributed by atoms with Crippen LogP contribution < -0.4 is 5.73 Å². The van der Waals surface area contributed by atoms with E-state index in [1.54, 1.807) is 0 Å². The summed E-state index contributed by atoms with van der Waals surface area (Å²) in [5.74, 6) is 3.16. The molecule has 4 nitrogen and oxygen atoms in total. The zero-order valence-corrected chi connectivity index (χ0v) is 11.6. The third-order valence-corrected chi connectivity index (χ3v) is 4.03. The summed E-state index contributed by atoms with van der Waals surface area (Å²) >= 11 is 0. The van der Waals surface area contributed by atoms with Crippen LogP contribution in [0.15, 0.2) is 4.52 Å². The Morgan fingerprint density at radius 3 is 2.94 bits per heavy atom. The molecule has 0 bridgehead atoms. The molecule has 1 aromatic heterocycles. The summed E-state index contributed by atoms with van der Waals surface area (Å²) in [6, 6.07) is 0. The summed E-state index contributed by atoms with van der Waals surface area (Å²) in [6.45, 7) is 5.06. The van der Waals surface area contributed by atoms with Gasteiger partial charge in [0, 0.05) is 12.5 Å². The van der Waals surface area contributed by atoms with Crippen molar-refractivity contribution < 1.29 is 4.52 Å². The van der Waals surface area contributed by atoms with E-state index in [-0.39, 0.29) is 5.92 Å². The SMILES string of the molecule is CCCC(CN)c1nc(C2CCCC(C)C2)no1. The second-order valence-corrected chi connectivity index (χ2v) is 5.68. The van der Waals surface area contributed by atoms with E-state index < -0.39 is 0 Å². The molecular formula is C14H25N3O. The van der Waals surface area contributed by atoms with Gasteiger partial charge < -0.3 is 10.3 Å². The first-order valence-corrected chi connectivity index (χ1v) is 7.28. The molecule has 102 valence electrons. The van der Waals surface area contributed by atoms with E-state index in [0.717, 1.165) is 30.5 Å². The van der Waals surface area contributed by atoms with Crippen molar-refractivity contribution in [2.45, 2.75) is 64.2 Å². The van der Waals surface area contributed by atoms with Gasteiger partial charge in [0.2, 0.25) is 5.89 Å². The minimum absolute atomic E-state index is 0.234. The van der Waals surface area contributed by atoms with E-state index in [4.69, 9.17) is 10.3 Å². The predicted octanol–water partition coefficient (Wildman–Crippen LogP) is 3.21. The smallest absolute Gasteiger partial charge is 0.231 e. The van der Waals surface area contributed by atoms with Crippen LogP contribution in [0.2, 0.25) is 0 Å². The van der Waals surface area contributed by atoms with Gasteiger partial charge in [-0.05, 0) is 25.2 Å². The molecule has 1 aliphatic rings. The summed E-state index contributed by atoms with van der Waals surface area (Å²) in [5.41, 5.74) is 5.77. The van der Waals surface area contributed by atoms with Crippen molar-refractivity contribution in [3.05, 3.63) is 11.7 Å². The molecule has 0 spiro atoms. The summed E-state index contributed by atoms with van der Waals surface area (Å²) in [6.07, 6.45) is 7.14. The molecule has 3 unspecified atom stereocenters. The Bertz CT molecular complexity index is 364. The first kappa shape index (κ1) is 13.5. The number of hydrogen-bond acceptors (Lipinski definition) is 4. The maximum atomic E-state index is 5.77. The molecule has 0 radical (unpaired) electrons. The van der Waals surface area contributed by atoms with Gasteiger partial charge in [0.15, 0.2) is 5.82 Å². The van der Waals surface area contributed by atoms with Crippen LogP contribution in [0.5, 0.6) is 0 Å². The highest BCUT2D eigenvalue weighted by molar-refractivity contribution is 5.01. The van der Waals surface area contributed by atoms with Gasteiger partial charge in [-0.15, -0.1) is 0 Å². The van der Waals surface area contributed by atoms with Crippen molar-refractivity contribution in [1.29, 1.82) is 0 Å². The highest BCUT2D eigenvalue weighted by Gasteiger charge is 2.26. The Hall–Kier alpha value is -0.900. The largest absolute Gasteiger partial charge is 0.339 e. The fourth-order valence-electron chi connectivity index (χ4n) is 2.94. The van der Waals surface area contributed by atoms with Gasteiger partial charge in [-0.1, -0.05) is 38.3 Å².